The molecule has 0 bridgehead atoms. The second-order valence-electron chi connectivity index (χ2n) is 6.30. The molecule has 3 rings (SSSR count). The van der Waals surface area contributed by atoms with Crippen molar-refractivity contribution in [3.8, 4) is 28.7 Å². The smallest absolute Gasteiger partial charge is 0.277 e. The number of benzene rings is 1. The van der Waals surface area contributed by atoms with Crippen molar-refractivity contribution >= 4 is 17.7 Å². The molecule has 0 atom stereocenters. The third-order valence-corrected chi connectivity index (χ3v) is 5.42. The Balaban J connectivity index is 1.71. The first-order valence-corrected chi connectivity index (χ1v) is 10.4. The van der Waals surface area contributed by atoms with E-state index < -0.39 is 0 Å². The largest absolute Gasteiger partial charge is 0.493 e. The van der Waals surface area contributed by atoms with Crippen molar-refractivity contribution in [3.05, 3.63) is 23.9 Å². The number of hydrogen-bond acceptors (Lipinski definition) is 8. The standard InChI is InChI=1S/C20H25N3O5S/c1-5-23(14-8-6-7-9-14)17(24)12-29-20-22-21-19(28-20)13-10-15(25-2)18(27-4)16(11-13)26-3/h8,10-11H,5-7,9,12H2,1-4H3. The molecule has 1 amide bonds. The summed E-state index contributed by atoms with van der Waals surface area (Å²) in [5, 5.41) is 8.47. The van der Waals surface area contributed by atoms with Crippen LogP contribution < -0.4 is 14.2 Å². The summed E-state index contributed by atoms with van der Waals surface area (Å²) in [7, 11) is 4.63. The van der Waals surface area contributed by atoms with E-state index in [-0.39, 0.29) is 11.7 Å². The van der Waals surface area contributed by atoms with E-state index in [0.29, 0.717) is 40.5 Å². The molecule has 9 heteroatoms. The van der Waals surface area contributed by atoms with Crippen LogP contribution in [0, 0.1) is 0 Å². The number of thioether (sulfide) groups is 1. The molecule has 1 aromatic heterocycles. The lowest BCUT2D eigenvalue weighted by atomic mass is 10.2. The molecule has 0 aliphatic heterocycles. The molecule has 0 radical (unpaired) electrons. The van der Waals surface area contributed by atoms with Crippen LogP contribution in [-0.2, 0) is 4.79 Å². The van der Waals surface area contributed by atoms with E-state index in [0.717, 1.165) is 25.0 Å². The second kappa shape index (κ2) is 9.69. The molecule has 0 spiro atoms. The summed E-state index contributed by atoms with van der Waals surface area (Å²) < 4.78 is 21.8. The number of carbonyl (C=O) groups is 1. The molecule has 1 aliphatic carbocycles. The minimum Gasteiger partial charge on any atom is -0.493 e. The highest BCUT2D eigenvalue weighted by Gasteiger charge is 2.21. The minimum atomic E-state index is 0.0400. The minimum absolute atomic E-state index is 0.0400. The summed E-state index contributed by atoms with van der Waals surface area (Å²) in [6, 6.07) is 3.47. The fourth-order valence-electron chi connectivity index (χ4n) is 3.23. The van der Waals surface area contributed by atoms with Gasteiger partial charge in [0.2, 0.25) is 17.5 Å². The Labute approximate surface area is 174 Å². The van der Waals surface area contributed by atoms with E-state index in [9.17, 15) is 4.79 Å². The maximum absolute atomic E-state index is 12.6. The van der Waals surface area contributed by atoms with Crippen LogP contribution in [0.1, 0.15) is 26.2 Å². The first-order valence-electron chi connectivity index (χ1n) is 9.37. The van der Waals surface area contributed by atoms with Gasteiger partial charge in [-0.15, -0.1) is 10.2 Å². The van der Waals surface area contributed by atoms with E-state index in [1.165, 1.54) is 11.8 Å². The second-order valence-corrected chi connectivity index (χ2v) is 7.23. The van der Waals surface area contributed by atoms with Gasteiger partial charge in [-0.1, -0.05) is 17.8 Å². The number of rotatable bonds is 9. The molecular formula is C20H25N3O5S. The van der Waals surface area contributed by atoms with Gasteiger partial charge in [0.05, 0.1) is 27.1 Å². The predicted octanol–water partition coefficient (Wildman–Crippen LogP) is 3.77. The van der Waals surface area contributed by atoms with Crippen LogP contribution >= 0.6 is 11.8 Å². The fourth-order valence-corrected chi connectivity index (χ4v) is 3.87. The molecule has 0 saturated heterocycles. The summed E-state index contributed by atoms with van der Waals surface area (Å²) in [4.78, 5) is 14.4. The lowest BCUT2D eigenvalue weighted by Crippen LogP contribution is -2.31. The van der Waals surface area contributed by atoms with E-state index >= 15 is 0 Å². The summed E-state index contributed by atoms with van der Waals surface area (Å²) >= 11 is 1.23. The number of ether oxygens (including phenoxy) is 3. The lowest BCUT2D eigenvalue weighted by molar-refractivity contribution is -0.126. The van der Waals surface area contributed by atoms with Crippen LogP contribution in [0.15, 0.2) is 33.5 Å². The first kappa shape index (κ1) is 21.0. The molecule has 1 heterocycles. The SMILES string of the molecule is CCN(C(=O)CSc1nnc(-c2cc(OC)c(OC)c(OC)c2)o1)C1=CCCC1. The molecule has 29 heavy (non-hydrogen) atoms. The zero-order valence-electron chi connectivity index (χ0n) is 17.1. The number of allylic oxidation sites excluding steroid dienone is 2. The Kier molecular flexibility index (Phi) is 7.03. The van der Waals surface area contributed by atoms with Gasteiger partial charge in [-0.2, -0.15) is 0 Å². The number of methoxy groups -OCH3 is 3. The predicted molar refractivity (Wildman–Crippen MR) is 109 cm³/mol. The third-order valence-electron chi connectivity index (χ3n) is 4.62. The van der Waals surface area contributed by atoms with Crippen molar-refractivity contribution in [1.29, 1.82) is 0 Å². The third kappa shape index (κ3) is 4.67. The lowest BCUT2D eigenvalue weighted by Gasteiger charge is -2.21. The number of carbonyl (C=O) groups excluding carboxylic acids is 1. The Morgan fingerprint density at radius 2 is 1.90 bits per heavy atom. The van der Waals surface area contributed by atoms with Crippen LogP contribution in [0.4, 0.5) is 0 Å². The van der Waals surface area contributed by atoms with Gasteiger partial charge in [0.1, 0.15) is 0 Å². The topological polar surface area (TPSA) is 86.9 Å². The summed E-state index contributed by atoms with van der Waals surface area (Å²) in [6.07, 6.45) is 5.24. The molecular weight excluding hydrogens is 394 g/mol. The molecule has 0 fully saturated rings. The molecule has 0 N–H and O–H groups in total. The Bertz CT molecular complexity index is 871. The van der Waals surface area contributed by atoms with Gasteiger partial charge in [0.25, 0.3) is 5.22 Å². The van der Waals surface area contributed by atoms with Crippen LogP contribution in [0.2, 0.25) is 0 Å². The summed E-state index contributed by atoms with van der Waals surface area (Å²) in [5.74, 6) is 2.06. The van der Waals surface area contributed by atoms with Crippen LogP contribution in [0.5, 0.6) is 17.2 Å². The van der Waals surface area contributed by atoms with Crippen molar-refractivity contribution in [2.75, 3.05) is 33.6 Å². The average molecular weight is 420 g/mol. The number of nitrogens with zero attached hydrogens (tertiary/aromatic N) is 3. The highest BCUT2D eigenvalue weighted by atomic mass is 32.2. The molecule has 0 unspecified atom stereocenters. The first-order chi connectivity index (χ1) is 14.1. The molecule has 0 saturated carbocycles. The van der Waals surface area contributed by atoms with Crippen molar-refractivity contribution in [1.82, 2.24) is 15.1 Å². The van der Waals surface area contributed by atoms with Gasteiger partial charge < -0.3 is 23.5 Å². The van der Waals surface area contributed by atoms with Crippen LogP contribution in [0.25, 0.3) is 11.5 Å². The molecule has 2 aromatic rings. The molecule has 8 nitrogen and oxygen atoms in total. The summed E-state index contributed by atoms with van der Waals surface area (Å²) in [5.41, 5.74) is 1.75. The van der Waals surface area contributed by atoms with Crippen LogP contribution in [-0.4, -0.2) is 54.6 Å². The van der Waals surface area contributed by atoms with Gasteiger partial charge in [0, 0.05) is 17.8 Å². The summed E-state index contributed by atoms with van der Waals surface area (Å²) in [6.45, 7) is 2.64. The zero-order chi connectivity index (χ0) is 20.8. The maximum atomic E-state index is 12.6. The fraction of sp³-hybridized carbons (Fsp3) is 0.450. The Morgan fingerprint density at radius 3 is 2.45 bits per heavy atom. The molecule has 1 aliphatic rings. The van der Waals surface area contributed by atoms with E-state index in [1.807, 2.05) is 11.8 Å². The van der Waals surface area contributed by atoms with Crippen molar-refractivity contribution in [3.63, 3.8) is 0 Å². The maximum Gasteiger partial charge on any atom is 0.277 e. The van der Waals surface area contributed by atoms with Crippen molar-refractivity contribution in [2.24, 2.45) is 0 Å². The molecule has 156 valence electrons. The number of aromatic nitrogens is 2. The van der Waals surface area contributed by atoms with Gasteiger partial charge in [-0.3, -0.25) is 4.79 Å². The van der Waals surface area contributed by atoms with Gasteiger partial charge in [0.15, 0.2) is 11.5 Å². The van der Waals surface area contributed by atoms with Gasteiger partial charge in [-0.25, -0.2) is 0 Å². The normalized spacial score (nSPS) is 13.2. The monoisotopic (exact) mass is 419 g/mol. The van der Waals surface area contributed by atoms with Gasteiger partial charge in [-0.05, 0) is 38.3 Å². The van der Waals surface area contributed by atoms with Crippen LogP contribution in [0.3, 0.4) is 0 Å². The number of amides is 1. The zero-order valence-corrected chi connectivity index (χ0v) is 17.9. The van der Waals surface area contributed by atoms with Crippen molar-refractivity contribution < 1.29 is 23.4 Å². The van der Waals surface area contributed by atoms with E-state index in [4.69, 9.17) is 18.6 Å². The van der Waals surface area contributed by atoms with E-state index in [2.05, 4.69) is 16.3 Å². The van der Waals surface area contributed by atoms with E-state index in [1.54, 1.807) is 33.5 Å². The Morgan fingerprint density at radius 1 is 1.17 bits per heavy atom. The quantitative estimate of drug-likeness (QED) is 0.568. The average Bonchev–Trinajstić information content (AvgIpc) is 3.44. The Hall–Kier alpha value is -2.68. The highest BCUT2D eigenvalue weighted by Crippen LogP contribution is 2.41. The van der Waals surface area contributed by atoms with Crippen molar-refractivity contribution in [2.45, 2.75) is 31.4 Å². The molecule has 1 aromatic carbocycles. The number of hydrogen-bond donors (Lipinski definition) is 0. The highest BCUT2D eigenvalue weighted by molar-refractivity contribution is 7.99. The van der Waals surface area contributed by atoms with Gasteiger partial charge >= 0.3 is 0 Å².